The Morgan fingerprint density at radius 3 is 2.50 bits per heavy atom. The van der Waals surface area contributed by atoms with Crippen molar-refractivity contribution in [3.05, 3.63) is 34.4 Å². The van der Waals surface area contributed by atoms with Crippen LogP contribution in [0.1, 0.15) is 69.9 Å². The van der Waals surface area contributed by atoms with E-state index >= 15 is 4.39 Å². The molecule has 1 aromatic rings. The van der Waals surface area contributed by atoms with E-state index in [0.29, 0.717) is 12.8 Å². The third-order valence-electron chi connectivity index (χ3n) is 7.65. The molecule has 0 spiro atoms. The van der Waals surface area contributed by atoms with Crippen LogP contribution < -0.4 is 10.6 Å². The lowest BCUT2D eigenvalue weighted by atomic mass is 9.74. The van der Waals surface area contributed by atoms with E-state index in [4.69, 9.17) is 11.6 Å². The van der Waals surface area contributed by atoms with Gasteiger partial charge in [-0.1, -0.05) is 18.5 Å². The Balaban J connectivity index is 1.61. The van der Waals surface area contributed by atoms with Crippen LogP contribution in [0.25, 0.3) is 0 Å². The molecule has 176 valence electrons. The molecule has 0 aliphatic heterocycles. The molecule has 3 fully saturated rings. The molecule has 0 saturated heterocycles. The fraction of sp³-hybridized carbons (Fsp3) is 0.652. The van der Waals surface area contributed by atoms with E-state index in [1.807, 2.05) is 0 Å². The fourth-order valence-corrected chi connectivity index (χ4v) is 6.03. The number of carbonyl (C=O) groups is 2. The summed E-state index contributed by atoms with van der Waals surface area (Å²) in [6.07, 6.45) is 1.20. The molecule has 32 heavy (non-hydrogen) atoms. The first-order chi connectivity index (χ1) is 15.1. The second-order valence-electron chi connectivity index (χ2n) is 9.65. The van der Waals surface area contributed by atoms with E-state index in [1.165, 1.54) is 0 Å². The summed E-state index contributed by atoms with van der Waals surface area (Å²) < 4.78 is 44.8. The van der Waals surface area contributed by atoms with Crippen LogP contribution in [0.2, 0.25) is 5.02 Å². The molecule has 4 atom stereocenters. The van der Waals surface area contributed by atoms with Gasteiger partial charge in [-0.3, -0.25) is 9.59 Å². The zero-order chi connectivity index (χ0) is 23.3. The summed E-state index contributed by atoms with van der Waals surface area (Å²) in [6, 6.07) is 0.531. The molecule has 9 heteroatoms. The average molecular weight is 473 g/mol. The lowest BCUT2D eigenvalue weighted by molar-refractivity contribution is -0.127. The zero-order valence-electron chi connectivity index (χ0n) is 17.9. The summed E-state index contributed by atoms with van der Waals surface area (Å²) in [4.78, 5) is 24.9. The van der Waals surface area contributed by atoms with Gasteiger partial charge in [-0.25, -0.2) is 13.2 Å². The van der Waals surface area contributed by atoms with Crippen LogP contribution in [0.4, 0.5) is 13.2 Å². The first-order valence-corrected chi connectivity index (χ1v) is 11.6. The van der Waals surface area contributed by atoms with E-state index < -0.39 is 52.7 Å². The van der Waals surface area contributed by atoms with E-state index in [9.17, 15) is 23.5 Å². The number of rotatable bonds is 6. The van der Waals surface area contributed by atoms with E-state index in [1.54, 1.807) is 6.92 Å². The molecule has 2 amide bonds. The average Bonchev–Trinajstić information content (AvgIpc) is 3.41. The number of halogens is 4. The van der Waals surface area contributed by atoms with Gasteiger partial charge in [0.05, 0.1) is 23.2 Å². The van der Waals surface area contributed by atoms with Crippen LogP contribution in [0, 0.1) is 23.0 Å². The summed E-state index contributed by atoms with van der Waals surface area (Å²) in [6.45, 7) is 1.69. The minimum Gasteiger partial charge on any atom is -0.391 e. The largest absolute Gasteiger partial charge is 0.391 e. The topological polar surface area (TPSA) is 78.4 Å². The third kappa shape index (κ3) is 4.12. The van der Waals surface area contributed by atoms with Crippen molar-refractivity contribution >= 4 is 23.4 Å². The second-order valence-corrected chi connectivity index (χ2v) is 10.1. The van der Waals surface area contributed by atoms with Crippen molar-refractivity contribution in [3.8, 4) is 0 Å². The van der Waals surface area contributed by atoms with Gasteiger partial charge in [0.15, 0.2) is 0 Å². The Morgan fingerprint density at radius 1 is 1.22 bits per heavy atom. The van der Waals surface area contributed by atoms with Gasteiger partial charge in [-0.2, -0.15) is 0 Å². The Kier molecular flexibility index (Phi) is 6.22. The van der Waals surface area contributed by atoms with Gasteiger partial charge < -0.3 is 15.7 Å². The minimum absolute atomic E-state index is 0.119. The van der Waals surface area contributed by atoms with Crippen molar-refractivity contribution in [2.45, 2.75) is 82.1 Å². The van der Waals surface area contributed by atoms with E-state index in [0.717, 1.165) is 12.1 Å². The highest BCUT2D eigenvalue weighted by molar-refractivity contribution is 6.30. The first-order valence-electron chi connectivity index (χ1n) is 11.2. The number of alkyl halides is 1. The van der Waals surface area contributed by atoms with Crippen LogP contribution in [0.3, 0.4) is 0 Å². The molecule has 3 aliphatic rings. The standard InChI is InChI=1S/C23H28ClF3N2O3/c1-2-17(31)28-15-9-12(10-16(15)30)21(32)29-20(18-14(25)4-3-13(24)19(18)26)22-5-7-23(27,11-22)8-6-22/h3-4,12,15-16,20,30H,2,5-11H2,1H3,(H,28,31)(H,29,32)/t12-,15-,16+,20+,22?,23?/m0/s1. The molecule has 2 bridgehead atoms. The van der Waals surface area contributed by atoms with Crippen LogP contribution in [-0.4, -0.2) is 34.7 Å². The normalized spacial score (nSPS) is 34.5. The third-order valence-corrected chi connectivity index (χ3v) is 7.94. The van der Waals surface area contributed by atoms with Gasteiger partial charge in [0, 0.05) is 17.9 Å². The zero-order valence-corrected chi connectivity index (χ0v) is 18.7. The van der Waals surface area contributed by atoms with Crippen molar-refractivity contribution in [2.24, 2.45) is 11.3 Å². The fourth-order valence-electron chi connectivity index (χ4n) is 5.86. The smallest absolute Gasteiger partial charge is 0.223 e. The highest BCUT2D eigenvalue weighted by Crippen LogP contribution is 2.63. The number of aliphatic hydroxyl groups is 1. The van der Waals surface area contributed by atoms with E-state index in [2.05, 4.69) is 10.6 Å². The summed E-state index contributed by atoms with van der Waals surface area (Å²) in [5, 5.41) is 15.5. The number of nitrogens with one attached hydrogen (secondary N) is 2. The summed E-state index contributed by atoms with van der Waals surface area (Å²) in [5.74, 6) is -3.14. The lowest BCUT2D eigenvalue weighted by Gasteiger charge is -2.37. The number of fused-ring (bicyclic) bond motifs is 2. The van der Waals surface area contributed by atoms with Crippen molar-refractivity contribution in [1.82, 2.24) is 10.6 Å². The van der Waals surface area contributed by atoms with Gasteiger partial charge in [0.25, 0.3) is 0 Å². The second kappa shape index (κ2) is 8.52. The number of benzene rings is 1. The molecule has 3 saturated carbocycles. The summed E-state index contributed by atoms with van der Waals surface area (Å²) in [5.41, 5.74) is -2.52. The maximum absolute atomic E-state index is 15.0. The molecule has 0 radical (unpaired) electrons. The number of hydrogen-bond donors (Lipinski definition) is 3. The van der Waals surface area contributed by atoms with Crippen molar-refractivity contribution < 1.29 is 27.9 Å². The number of carbonyl (C=O) groups excluding carboxylic acids is 2. The molecule has 0 heterocycles. The SMILES string of the molecule is CCC(=O)N[C@H]1C[C@H](C(=O)N[C@H](c2c(F)ccc(Cl)c2F)C23CCC(F)(CC2)C3)C[C@H]1O. The molecule has 0 unspecified atom stereocenters. The quantitative estimate of drug-likeness (QED) is 0.545. The molecular formula is C23H28ClF3N2O3. The number of amides is 2. The molecular weight excluding hydrogens is 445 g/mol. The predicted molar refractivity (Wildman–Crippen MR) is 113 cm³/mol. The Bertz CT molecular complexity index is 920. The maximum atomic E-state index is 15.0. The summed E-state index contributed by atoms with van der Waals surface area (Å²) >= 11 is 5.93. The van der Waals surface area contributed by atoms with Crippen molar-refractivity contribution in [3.63, 3.8) is 0 Å². The van der Waals surface area contributed by atoms with Gasteiger partial charge in [-0.05, 0) is 62.5 Å². The Morgan fingerprint density at radius 2 is 1.91 bits per heavy atom. The maximum Gasteiger partial charge on any atom is 0.223 e. The van der Waals surface area contributed by atoms with Crippen LogP contribution in [0.5, 0.6) is 0 Å². The Labute approximate surface area is 190 Å². The summed E-state index contributed by atoms with van der Waals surface area (Å²) in [7, 11) is 0. The monoisotopic (exact) mass is 472 g/mol. The first kappa shape index (κ1) is 23.4. The number of hydrogen-bond acceptors (Lipinski definition) is 3. The van der Waals surface area contributed by atoms with E-state index in [-0.39, 0.29) is 55.0 Å². The molecule has 1 aromatic carbocycles. The van der Waals surface area contributed by atoms with Crippen LogP contribution in [0.15, 0.2) is 12.1 Å². The molecule has 3 aliphatic carbocycles. The highest BCUT2D eigenvalue weighted by Gasteiger charge is 2.59. The Hall–Kier alpha value is -1.80. The lowest BCUT2D eigenvalue weighted by Crippen LogP contribution is -2.43. The predicted octanol–water partition coefficient (Wildman–Crippen LogP) is 4.11. The van der Waals surface area contributed by atoms with Crippen molar-refractivity contribution in [1.29, 1.82) is 0 Å². The van der Waals surface area contributed by atoms with Gasteiger partial charge in [0.2, 0.25) is 11.8 Å². The molecule has 0 aromatic heterocycles. The minimum atomic E-state index is -1.38. The highest BCUT2D eigenvalue weighted by atomic mass is 35.5. The van der Waals surface area contributed by atoms with Gasteiger partial charge in [0.1, 0.15) is 17.3 Å². The molecule has 3 N–H and O–H groups in total. The van der Waals surface area contributed by atoms with Gasteiger partial charge >= 0.3 is 0 Å². The molecule has 5 nitrogen and oxygen atoms in total. The molecule has 4 rings (SSSR count). The van der Waals surface area contributed by atoms with Crippen LogP contribution in [-0.2, 0) is 9.59 Å². The van der Waals surface area contributed by atoms with Crippen LogP contribution >= 0.6 is 11.6 Å². The van der Waals surface area contributed by atoms with Gasteiger partial charge in [-0.15, -0.1) is 0 Å². The number of aliphatic hydroxyl groups excluding tert-OH is 1. The van der Waals surface area contributed by atoms with Crippen molar-refractivity contribution in [2.75, 3.05) is 0 Å².